The summed E-state index contributed by atoms with van der Waals surface area (Å²) in [4.78, 5) is 7.25. The highest BCUT2D eigenvalue weighted by molar-refractivity contribution is 6.30. The Morgan fingerprint density at radius 1 is 1.40 bits per heavy atom. The van der Waals surface area contributed by atoms with Crippen molar-refractivity contribution in [2.24, 2.45) is 4.99 Å². The van der Waals surface area contributed by atoms with Crippen LogP contribution in [0.1, 0.15) is 31.7 Å². The summed E-state index contributed by atoms with van der Waals surface area (Å²) in [5.41, 5.74) is 1.31. The number of hydrogen-bond acceptors (Lipinski definition) is 3. The van der Waals surface area contributed by atoms with Crippen molar-refractivity contribution in [1.82, 2.24) is 15.5 Å². The van der Waals surface area contributed by atoms with Gasteiger partial charge in [-0.3, -0.25) is 9.89 Å². The van der Waals surface area contributed by atoms with Crippen molar-refractivity contribution >= 4 is 17.6 Å². The Hall–Kier alpha value is -1.30. The van der Waals surface area contributed by atoms with Gasteiger partial charge in [0.1, 0.15) is 0 Å². The molecule has 2 aliphatic rings. The highest BCUT2D eigenvalue weighted by Crippen LogP contribution is 2.41. The van der Waals surface area contributed by atoms with Crippen molar-refractivity contribution in [2.75, 3.05) is 39.4 Å². The SMILES string of the molecule is CCNC(=NCC(C)N1CCOCC1)NC1CC1c1cccc(Cl)c1. The van der Waals surface area contributed by atoms with Gasteiger partial charge in [0, 0.05) is 42.7 Å². The number of nitrogens with one attached hydrogen (secondary N) is 2. The number of benzene rings is 1. The molecule has 0 spiro atoms. The van der Waals surface area contributed by atoms with Gasteiger partial charge in [-0.15, -0.1) is 0 Å². The molecular weight excluding hydrogens is 336 g/mol. The molecule has 1 heterocycles. The number of halogens is 1. The predicted molar refractivity (Wildman–Crippen MR) is 104 cm³/mol. The molecule has 1 aromatic carbocycles. The van der Waals surface area contributed by atoms with Crippen molar-refractivity contribution in [3.8, 4) is 0 Å². The fourth-order valence-electron chi connectivity index (χ4n) is 3.31. The molecule has 3 unspecified atom stereocenters. The highest BCUT2D eigenvalue weighted by atomic mass is 35.5. The Morgan fingerprint density at radius 2 is 2.20 bits per heavy atom. The number of guanidine groups is 1. The molecule has 0 aromatic heterocycles. The molecule has 5 nitrogen and oxygen atoms in total. The molecule has 0 bridgehead atoms. The predicted octanol–water partition coefficient (Wildman–Crippen LogP) is 2.47. The molecule has 0 amide bonds. The van der Waals surface area contributed by atoms with Gasteiger partial charge in [-0.05, 0) is 38.0 Å². The fraction of sp³-hybridized carbons (Fsp3) is 0.632. The number of hydrogen-bond donors (Lipinski definition) is 2. The lowest BCUT2D eigenvalue weighted by Gasteiger charge is -2.31. The van der Waals surface area contributed by atoms with Crippen LogP contribution in [0.5, 0.6) is 0 Å². The molecule has 2 N–H and O–H groups in total. The lowest BCUT2D eigenvalue weighted by Crippen LogP contribution is -2.44. The Kier molecular flexibility index (Phi) is 6.57. The Morgan fingerprint density at radius 3 is 2.92 bits per heavy atom. The maximum atomic E-state index is 6.11. The van der Waals surface area contributed by atoms with E-state index in [-0.39, 0.29) is 0 Å². The van der Waals surface area contributed by atoms with Crippen molar-refractivity contribution in [3.05, 3.63) is 34.9 Å². The van der Waals surface area contributed by atoms with Gasteiger partial charge in [0.2, 0.25) is 0 Å². The molecule has 1 aliphatic carbocycles. The largest absolute Gasteiger partial charge is 0.379 e. The van der Waals surface area contributed by atoms with Crippen LogP contribution >= 0.6 is 11.6 Å². The molecule has 1 saturated heterocycles. The van der Waals surface area contributed by atoms with Gasteiger partial charge in [-0.25, -0.2) is 0 Å². The van der Waals surface area contributed by atoms with Crippen LogP contribution in [0.2, 0.25) is 5.02 Å². The van der Waals surface area contributed by atoms with Crippen molar-refractivity contribution in [3.63, 3.8) is 0 Å². The first-order chi connectivity index (χ1) is 12.2. The molecule has 3 atom stereocenters. The summed E-state index contributed by atoms with van der Waals surface area (Å²) in [6.07, 6.45) is 1.13. The molecule has 138 valence electrons. The van der Waals surface area contributed by atoms with Crippen LogP contribution < -0.4 is 10.6 Å². The fourth-order valence-corrected chi connectivity index (χ4v) is 3.51. The normalized spacial score (nSPS) is 25.5. The zero-order valence-electron chi connectivity index (χ0n) is 15.2. The van der Waals surface area contributed by atoms with Gasteiger partial charge in [0.15, 0.2) is 5.96 Å². The molecule has 1 aromatic rings. The zero-order valence-corrected chi connectivity index (χ0v) is 15.9. The van der Waals surface area contributed by atoms with Crippen molar-refractivity contribution in [2.45, 2.75) is 38.3 Å². The first kappa shape index (κ1) is 18.5. The second kappa shape index (κ2) is 8.88. The minimum absolute atomic E-state index is 0.433. The van der Waals surface area contributed by atoms with E-state index < -0.39 is 0 Å². The van der Waals surface area contributed by atoms with E-state index in [0.717, 1.165) is 56.8 Å². The smallest absolute Gasteiger partial charge is 0.191 e. The van der Waals surface area contributed by atoms with Crippen molar-refractivity contribution < 1.29 is 4.74 Å². The second-order valence-electron chi connectivity index (χ2n) is 6.87. The van der Waals surface area contributed by atoms with E-state index >= 15 is 0 Å². The maximum absolute atomic E-state index is 6.11. The summed E-state index contributed by atoms with van der Waals surface area (Å²) in [7, 11) is 0. The number of aliphatic imine (C=N–C) groups is 1. The van der Waals surface area contributed by atoms with Crippen LogP contribution in [0.3, 0.4) is 0 Å². The summed E-state index contributed by atoms with van der Waals surface area (Å²) in [5.74, 6) is 1.44. The third-order valence-electron chi connectivity index (χ3n) is 4.92. The number of nitrogens with zero attached hydrogens (tertiary/aromatic N) is 2. The van der Waals surface area contributed by atoms with E-state index in [4.69, 9.17) is 21.3 Å². The van der Waals surface area contributed by atoms with E-state index in [1.807, 2.05) is 12.1 Å². The van der Waals surface area contributed by atoms with Crippen LogP contribution in [0.4, 0.5) is 0 Å². The Balaban J connectivity index is 1.52. The third kappa shape index (κ3) is 5.33. The number of ether oxygens (including phenoxy) is 1. The van der Waals surface area contributed by atoms with Crippen LogP contribution in [-0.4, -0.2) is 62.3 Å². The average Bonchev–Trinajstić information content (AvgIpc) is 3.39. The number of morpholine rings is 1. The number of rotatable bonds is 6. The van der Waals surface area contributed by atoms with E-state index in [2.05, 4.69) is 41.5 Å². The van der Waals surface area contributed by atoms with Gasteiger partial charge in [-0.1, -0.05) is 23.7 Å². The van der Waals surface area contributed by atoms with Crippen LogP contribution in [0, 0.1) is 0 Å². The minimum Gasteiger partial charge on any atom is -0.379 e. The van der Waals surface area contributed by atoms with E-state index in [9.17, 15) is 0 Å². The molecule has 1 saturated carbocycles. The summed E-state index contributed by atoms with van der Waals surface area (Å²) >= 11 is 6.11. The minimum atomic E-state index is 0.433. The van der Waals surface area contributed by atoms with Gasteiger partial charge >= 0.3 is 0 Å². The highest BCUT2D eigenvalue weighted by Gasteiger charge is 2.39. The maximum Gasteiger partial charge on any atom is 0.191 e. The van der Waals surface area contributed by atoms with Crippen LogP contribution in [0.25, 0.3) is 0 Å². The van der Waals surface area contributed by atoms with Crippen molar-refractivity contribution in [1.29, 1.82) is 0 Å². The Bertz CT molecular complexity index is 589. The molecule has 0 radical (unpaired) electrons. The summed E-state index contributed by atoms with van der Waals surface area (Å²) < 4.78 is 5.43. The quantitative estimate of drug-likeness (QED) is 0.601. The molecule has 3 rings (SSSR count). The third-order valence-corrected chi connectivity index (χ3v) is 5.15. The standard InChI is InChI=1S/C19H29ClN4O/c1-3-21-19(22-13-14(2)24-7-9-25-10-8-24)23-18-12-17(18)15-5-4-6-16(20)11-15/h4-6,11,14,17-18H,3,7-10,12-13H2,1-2H3,(H2,21,22,23). The molecular formula is C19H29ClN4O. The van der Waals surface area contributed by atoms with Crippen LogP contribution in [0.15, 0.2) is 29.3 Å². The van der Waals surface area contributed by atoms with E-state index in [1.165, 1.54) is 5.56 Å². The second-order valence-corrected chi connectivity index (χ2v) is 7.30. The summed E-state index contributed by atoms with van der Waals surface area (Å²) in [5, 5.41) is 7.74. The van der Waals surface area contributed by atoms with Gasteiger partial charge in [0.05, 0.1) is 19.8 Å². The van der Waals surface area contributed by atoms with Gasteiger partial charge < -0.3 is 15.4 Å². The van der Waals surface area contributed by atoms with E-state index in [0.29, 0.717) is 18.0 Å². The lowest BCUT2D eigenvalue weighted by atomic mass is 10.1. The first-order valence-corrected chi connectivity index (χ1v) is 9.67. The average molecular weight is 365 g/mol. The molecule has 1 aliphatic heterocycles. The summed E-state index contributed by atoms with van der Waals surface area (Å²) in [6.45, 7) is 9.66. The lowest BCUT2D eigenvalue weighted by molar-refractivity contribution is 0.0220. The first-order valence-electron chi connectivity index (χ1n) is 9.29. The molecule has 25 heavy (non-hydrogen) atoms. The molecule has 6 heteroatoms. The van der Waals surface area contributed by atoms with Gasteiger partial charge in [0.25, 0.3) is 0 Å². The van der Waals surface area contributed by atoms with Crippen LogP contribution in [-0.2, 0) is 4.74 Å². The van der Waals surface area contributed by atoms with E-state index in [1.54, 1.807) is 0 Å². The topological polar surface area (TPSA) is 48.9 Å². The zero-order chi connectivity index (χ0) is 17.6. The Labute approximate surface area is 155 Å². The molecule has 2 fully saturated rings. The van der Waals surface area contributed by atoms with Gasteiger partial charge in [-0.2, -0.15) is 0 Å². The monoisotopic (exact) mass is 364 g/mol. The summed E-state index contributed by atoms with van der Waals surface area (Å²) in [6, 6.07) is 9.05.